The number of carbonyl (C=O) groups is 1. The zero-order valence-electron chi connectivity index (χ0n) is 10.6. The summed E-state index contributed by atoms with van der Waals surface area (Å²) in [5, 5.41) is 0. The fourth-order valence-electron chi connectivity index (χ4n) is 1.65. The van der Waals surface area contributed by atoms with Crippen molar-refractivity contribution in [3.8, 4) is 0 Å². The Labute approximate surface area is 103 Å². The maximum absolute atomic E-state index is 12.2. The van der Waals surface area contributed by atoms with Crippen molar-refractivity contribution in [2.24, 2.45) is 11.7 Å². The number of carbonyl (C=O) groups excluding carboxylic acids is 1. The molecule has 1 aromatic rings. The van der Waals surface area contributed by atoms with Gasteiger partial charge in [0, 0.05) is 19.3 Å². The van der Waals surface area contributed by atoms with Crippen LogP contribution in [0.1, 0.15) is 30.8 Å². The monoisotopic (exact) mass is 235 g/mol. The molecule has 1 amide bonds. The summed E-state index contributed by atoms with van der Waals surface area (Å²) in [7, 11) is 0. The van der Waals surface area contributed by atoms with Crippen LogP contribution >= 0.6 is 0 Å². The Morgan fingerprint density at radius 2 is 2.24 bits per heavy atom. The molecule has 0 saturated heterocycles. The summed E-state index contributed by atoms with van der Waals surface area (Å²) in [5.41, 5.74) is 6.00. The van der Waals surface area contributed by atoms with Gasteiger partial charge in [-0.15, -0.1) is 0 Å². The van der Waals surface area contributed by atoms with Gasteiger partial charge in [0.2, 0.25) is 0 Å². The van der Waals surface area contributed by atoms with Crippen LogP contribution in [0.25, 0.3) is 0 Å². The molecule has 0 saturated carbocycles. The first-order valence-electron chi connectivity index (χ1n) is 6.05. The molecular weight excluding hydrogens is 214 g/mol. The maximum Gasteiger partial charge on any atom is 0.272 e. The minimum Gasteiger partial charge on any atom is -0.337 e. The second kappa shape index (κ2) is 7.01. The third-order valence-electron chi connectivity index (χ3n) is 2.39. The number of hydrogen-bond donors (Lipinski definition) is 1. The van der Waals surface area contributed by atoms with Crippen LogP contribution in [0.15, 0.2) is 24.4 Å². The van der Waals surface area contributed by atoms with Crippen molar-refractivity contribution in [1.82, 2.24) is 9.88 Å². The number of hydrogen-bond acceptors (Lipinski definition) is 3. The molecule has 0 aliphatic rings. The van der Waals surface area contributed by atoms with Gasteiger partial charge in [0.25, 0.3) is 5.91 Å². The highest BCUT2D eigenvalue weighted by molar-refractivity contribution is 5.92. The number of rotatable bonds is 6. The van der Waals surface area contributed by atoms with Crippen LogP contribution in [0.5, 0.6) is 0 Å². The smallest absolute Gasteiger partial charge is 0.272 e. The molecule has 4 nitrogen and oxygen atoms in total. The second-order valence-corrected chi connectivity index (χ2v) is 4.50. The number of nitrogens with zero attached hydrogens (tertiary/aromatic N) is 2. The number of amides is 1. The predicted molar refractivity (Wildman–Crippen MR) is 68.6 cm³/mol. The highest BCUT2D eigenvalue weighted by atomic mass is 16.2. The number of pyridine rings is 1. The number of aromatic nitrogens is 1. The van der Waals surface area contributed by atoms with Gasteiger partial charge in [-0.1, -0.05) is 19.9 Å². The minimum atomic E-state index is -0.00671. The fraction of sp³-hybridized carbons (Fsp3) is 0.538. The van der Waals surface area contributed by atoms with Gasteiger partial charge in [0.1, 0.15) is 5.69 Å². The van der Waals surface area contributed by atoms with E-state index in [2.05, 4.69) is 18.8 Å². The number of nitrogens with two attached hydrogens (primary N) is 1. The van der Waals surface area contributed by atoms with Gasteiger partial charge < -0.3 is 10.6 Å². The molecule has 1 heterocycles. The van der Waals surface area contributed by atoms with E-state index >= 15 is 0 Å². The molecule has 0 atom stereocenters. The Bertz CT molecular complexity index is 338. The van der Waals surface area contributed by atoms with Gasteiger partial charge in [-0.2, -0.15) is 0 Å². The first kappa shape index (κ1) is 13.6. The fourth-order valence-corrected chi connectivity index (χ4v) is 1.65. The average Bonchev–Trinajstić information content (AvgIpc) is 2.34. The van der Waals surface area contributed by atoms with E-state index in [1.807, 2.05) is 17.0 Å². The van der Waals surface area contributed by atoms with Crippen molar-refractivity contribution in [2.45, 2.75) is 20.3 Å². The summed E-state index contributed by atoms with van der Waals surface area (Å²) in [6.45, 7) is 6.24. The Morgan fingerprint density at radius 3 is 2.76 bits per heavy atom. The molecule has 0 bridgehead atoms. The maximum atomic E-state index is 12.2. The van der Waals surface area contributed by atoms with E-state index in [1.54, 1.807) is 12.3 Å². The van der Waals surface area contributed by atoms with Crippen molar-refractivity contribution in [3.63, 3.8) is 0 Å². The summed E-state index contributed by atoms with van der Waals surface area (Å²) in [6, 6.07) is 5.39. The second-order valence-electron chi connectivity index (χ2n) is 4.50. The molecule has 94 valence electrons. The van der Waals surface area contributed by atoms with Crippen molar-refractivity contribution >= 4 is 5.91 Å². The van der Waals surface area contributed by atoms with Crippen molar-refractivity contribution in [1.29, 1.82) is 0 Å². The quantitative estimate of drug-likeness (QED) is 0.813. The molecular formula is C13H21N3O. The van der Waals surface area contributed by atoms with Crippen molar-refractivity contribution in [2.75, 3.05) is 19.6 Å². The van der Waals surface area contributed by atoms with Crippen LogP contribution in [0.2, 0.25) is 0 Å². The summed E-state index contributed by atoms with van der Waals surface area (Å²) < 4.78 is 0. The molecule has 0 aromatic carbocycles. The molecule has 1 aromatic heterocycles. The van der Waals surface area contributed by atoms with E-state index in [1.165, 1.54) is 0 Å². The van der Waals surface area contributed by atoms with Crippen molar-refractivity contribution in [3.05, 3.63) is 30.1 Å². The first-order valence-corrected chi connectivity index (χ1v) is 6.05. The molecule has 17 heavy (non-hydrogen) atoms. The molecule has 4 heteroatoms. The standard InChI is InChI=1S/C13H21N3O/c1-11(2)10-16(9-5-7-14)13(17)12-6-3-4-8-15-12/h3-4,6,8,11H,5,7,9-10,14H2,1-2H3. The lowest BCUT2D eigenvalue weighted by molar-refractivity contribution is 0.0729. The summed E-state index contributed by atoms with van der Waals surface area (Å²) in [6.07, 6.45) is 2.47. The Kier molecular flexibility index (Phi) is 5.63. The highest BCUT2D eigenvalue weighted by Crippen LogP contribution is 2.06. The van der Waals surface area contributed by atoms with E-state index in [0.717, 1.165) is 13.0 Å². The van der Waals surface area contributed by atoms with Crippen LogP contribution in [0.3, 0.4) is 0 Å². The third-order valence-corrected chi connectivity index (χ3v) is 2.39. The van der Waals surface area contributed by atoms with E-state index < -0.39 is 0 Å². The van der Waals surface area contributed by atoms with E-state index in [-0.39, 0.29) is 5.91 Å². The van der Waals surface area contributed by atoms with Gasteiger partial charge >= 0.3 is 0 Å². The average molecular weight is 235 g/mol. The van der Waals surface area contributed by atoms with Gasteiger partial charge in [-0.05, 0) is 31.0 Å². The molecule has 0 radical (unpaired) electrons. The Balaban J connectivity index is 2.71. The summed E-state index contributed by atoms with van der Waals surface area (Å²) in [5.74, 6) is 0.438. The molecule has 0 aliphatic heterocycles. The summed E-state index contributed by atoms with van der Waals surface area (Å²) in [4.78, 5) is 18.1. The lowest BCUT2D eigenvalue weighted by Crippen LogP contribution is -2.36. The predicted octanol–water partition coefficient (Wildman–Crippen LogP) is 1.53. The van der Waals surface area contributed by atoms with E-state index in [9.17, 15) is 4.79 Å². The molecule has 0 spiro atoms. The largest absolute Gasteiger partial charge is 0.337 e. The SMILES string of the molecule is CC(C)CN(CCCN)C(=O)c1ccccn1. The Hall–Kier alpha value is -1.42. The van der Waals surface area contributed by atoms with E-state index in [0.29, 0.717) is 24.7 Å². The summed E-state index contributed by atoms with van der Waals surface area (Å²) >= 11 is 0. The molecule has 0 unspecified atom stereocenters. The highest BCUT2D eigenvalue weighted by Gasteiger charge is 2.16. The van der Waals surface area contributed by atoms with Crippen LogP contribution in [-0.4, -0.2) is 35.4 Å². The molecule has 0 fully saturated rings. The lowest BCUT2D eigenvalue weighted by atomic mass is 10.2. The van der Waals surface area contributed by atoms with Gasteiger partial charge in [-0.25, -0.2) is 0 Å². The first-order chi connectivity index (χ1) is 8.15. The van der Waals surface area contributed by atoms with Gasteiger partial charge in [-0.3, -0.25) is 9.78 Å². The van der Waals surface area contributed by atoms with Gasteiger partial charge in [0.05, 0.1) is 0 Å². The van der Waals surface area contributed by atoms with E-state index in [4.69, 9.17) is 5.73 Å². The van der Waals surface area contributed by atoms with Crippen molar-refractivity contribution < 1.29 is 4.79 Å². The van der Waals surface area contributed by atoms with Crippen LogP contribution in [0, 0.1) is 5.92 Å². The molecule has 0 aliphatic carbocycles. The normalized spacial score (nSPS) is 10.6. The zero-order valence-corrected chi connectivity index (χ0v) is 10.6. The zero-order chi connectivity index (χ0) is 12.7. The lowest BCUT2D eigenvalue weighted by Gasteiger charge is -2.24. The topological polar surface area (TPSA) is 59.2 Å². The Morgan fingerprint density at radius 1 is 1.47 bits per heavy atom. The molecule has 1 rings (SSSR count). The van der Waals surface area contributed by atoms with Crippen LogP contribution in [0.4, 0.5) is 0 Å². The minimum absolute atomic E-state index is 0.00671. The van der Waals surface area contributed by atoms with Crippen LogP contribution in [-0.2, 0) is 0 Å². The molecule has 2 N–H and O–H groups in total. The third kappa shape index (κ3) is 4.53. The van der Waals surface area contributed by atoms with Gasteiger partial charge in [0.15, 0.2) is 0 Å². The van der Waals surface area contributed by atoms with Crippen LogP contribution < -0.4 is 5.73 Å².